The molecule has 0 aromatic carbocycles. The summed E-state index contributed by atoms with van der Waals surface area (Å²) in [6.45, 7) is 4.36. The molecule has 1 fully saturated rings. The van der Waals surface area contributed by atoms with Gasteiger partial charge in [-0.1, -0.05) is 19.8 Å². The second-order valence-electron chi connectivity index (χ2n) is 3.95. The van der Waals surface area contributed by atoms with Crippen LogP contribution in [0.15, 0.2) is 0 Å². The molecule has 0 spiro atoms. The summed E-state index contributed by atoms with van der Waals surface area (Å²) in [4.78, 5) is 24.4. The molecule has 1 rings (SSSR count). The largest absolute Gasteiger partial charge is 0.368 e. The van der Waals surface area contributed by atoms with Gasteiger partial charge in [0.15, 0.2) is 0 Å². The van der Waals surface area contributed by atoms with Crippen molar-refractivity contribution in [2.75, 3.05) is 6.54 Å². The lowest BCUT2D eigenvalue weighted by Gasteiger charge is -2.23. The number of hydrogen-bond acceptors (Lipinski definition) is 2. The van der Waals surface area contributed by atoms with Gasteiger partial charge in [0.05, 0.1) is 0 Å². The molecule has 0 aromatic rings. The maximum Gasteiger partial charge on any atom is 0.240 e. The van der Waals surface area contributed by atoms with Crippen LogP contribution in [0.5, 0.6) is 0 Å². The van der Waals surface area contributed by atoms with Crippen LogP contribution < -0.4 is 5.73 Å². The minimum atomic E-state index is -0.471. The fraction of sp³-hybridized carbons (Fsp3) is 0.667. The minimum Gasteiger partial charge on any atom is -0.368 e. The third kappa shape index (κ3) is 2.75. The third-order valence-corrected chi connectivity index (χ3v) is 2.73. The Bertz CT molecular complexity index is 341. The van der Waals surface area contributed by atoms with E-state index in [4.69, 9.17) is 5.73 Å². The number of carbonyl (C=O) groups is 2. The molecule has 0 saturated carbocycles. The summed E-state index contributed by atoms with van der Waals surface area (Å²) in [6, 6.07) is -0.471. The number of nitrogens with zero attached hydrogens (tertiary/aromatic N) is 1. The summed E-state index contributed by atoms with van der Waals surface area (Å²) in [6.07, 6.45) is 1.77. The smallest absolute Gasteiger partial charge is 0.240 e. The normalized spacial score (nSPS) is 21.5. The molecule has 1 aliphatic rings. The molecule has 2 amide bonds. The van der Waals surface area contributed by atoms with E-state index in [0.29, 0.717) is 19.4 Å². The molecule has 4 heteroatoms. The highest BCUT2D eigenvalue weighted by Crippen LogP contribution is 2.20. The van der Waals surface area contributed by atoms with E-state index in [1.165, 1.54) is 0 Å². The van der Waals surface area contributed by atoms with Crippen molar-refractivity contribution in [3.63, 3.8) is 0 Å². The summed E-state index contributed by atoms with van der Waals surface area (Å²) in [7, 11) is 0. The van der Waals surface area contributed by atoms with Crippen molar-refractivity contribution in [3.8, 4) is 11.8 Å². The van der Waals surface area contributed by atoms with Crippen molar-refractivity contribution in [2.45, 2.75) is 39.2 Å². The van der Waals surface area contributed by atoms with Crippen molar-refractivity contribution in [1.29, 1.82) is 0 Å². The zero-order valence-electron chi connectivity index (χ0n) is 9.82. The van der Waals surface area contributed by atoms with Gasteiger partial charge in [0.1, 0.15) is 6.04 Å². The molecule has 1 aliphatic heterocycles. The lowest BCUT2D eigenvalue weighted by atomic mass is 10.1. The van der Waals surface area contributed by atoms with Gasteiger partial charge < -0.3 is 10.6 Å². The van der Waals surface area contributed by atoms with E-state index in [1.807, 2.05) is 13.8 Å². The summed E-state index contributed by atoms with van der Waals surface area (Å²) >= 11 is 0. The number of amides is 2. The molecule has 0 aromatic heterocycles. The Morgan fingerprint density at radius 3 is 2.81 bits per heavy atom. The van der Waals surface area contributed by atoms with Gasteiger partial charge in [-0.2, -0.15) is 0 Å². The van der Waals surface area contributed by atoms with E-state index in [1.54, 1.807) is 4.90 Å². The number of nitrogens with two attached hydrogens (primary N) is 1. The first-order chi connectivity index (χ1) is 7.60. The molecule has 2 N–H and O–H groups in total. The van der Waals surface area contributed by atoms with Crippen molar-refractivity contribution in [3.05, 3.63) is 0 Å². The Morgan fingerprint density at radius 2 is 2.31 bits per heavy atom. The quantitative estimate of drug-likeness (QED) is 0.707. The van der Waals surface area contributed by atoms with Crippen molar-refractivity contribution < 1.29 is 9.59 Å². The number of hydrogen-bond donors (Lipinski definition) is 1. The van der Waals surface area contributed by atoms with Crippen LogP contribution in [-0.2, 0) is 9.59 Å². The maximum absolute atomic E-state index is 11.7. The van der Waals surface area contributed by atoms with E-state index in [0.717, 1.165) is 6.42 Å². The third-order valence-electron chi connectivity index (χ3n) is 2.73. The van der Waals surface area contributed by atoms with Crippen molar-refractivity contribution in [2.24, 2.45) is 11.7 Å². The maximum atomic E-state index is 11.7. The van der Waals surface area contributed by atoms with Crippen LogP contribution in [0, 0.1) is 17.8 Å². The molecule has 1 heterocycles. The molecule has 2 atom stereocenters. The van der Waals surface area contributed by atoms with Gasteiger partial charge in [-0.3, -0.25) is 9.59 Å². The van der Waals surface area contributed by atoms with Crippen LogP contribution in [0.25, 0.3) is 0 Å². The first-order valence-electron chi connectivity index (χ1n) is 5.67. The Hall–Kier alpha value is -1.50. The predicted octanol–water partition coefficient (Wildman–Crippen LogP) is 0.512. The zero-order valence-corrected chi connectivity index (χ0v) is 9.82. The van der Waals surface area contributed by atoms with E-state index in [9.17, 15) is 9.59 Å². The van der Waals surface area contributed by atoms with E-state index in [2.05, 4.69) is 11.8 Å². The topological polar surface area (TPSA) is 63.4 Å². The molecule has 0 radical (unpaired) electrons. The van der Waals surface area contributed by atoms with E-state index in [-0.39, 0.29) is 11.8 Å². The van der Waals surface area contributed by atoms with Crippen LogP contribution in [0.4, 0.5) is 0 Å². The van der Waals surface area contributed by atoms with Gasteiger partial charge in [0.25, 0.3) is 0 Å². The highest BCUT2D eigenvalue weighted by atomic mass is 16.2. The molecular formula is C12H18N2O2. The zero-order chi connectivity index (χ0) is 12.1. The second kappa shape index (κ2) is 5.55. The van der Waals surface area contributed by atoms with Gasteiger partial charge in [-0.15, -0.1) is 5.92 Å². The summed E-state index contributed by atoms with van der Waals surface area (Å²) in [5.74, 6) is 5.63. The molecular weight excluding hydrogens is 204 g/mol. The lowest BCUT2D eigenvalue weighted by Crippen LogP contribution is -2.45. The Balaban J connectivity index is 2.70. The van der Waals surface area contributed by atoms with Gasteiger partial charge >= 0.3 is 0 Å². The monoisotopic (exact) mass is 222 g/mol. The fourth-order valence-corrected chi connectivity index (χ4v) is 1.95. The van der Waals surface area contributed by atoms with Crippen LogP contribution in [0.1, 0.15) is 33.1 Å². The molecule has 0 bridgehead atoms. The second-order valence-corrected chi connectivity index (χ2v) is 3.95. The van der Waals surface area contributed by atoms with Gasteiger partial charge in [-0.05, 0) is 6.42 Å². The molecule has 16 heavy (non-hydrogen) atoms. The van der Waals surface area contributed by atoms with E-state index >= 15 is 0 Å². The highest BCUT2D eigenvalue weighted by molar-refractivity contribution is 5.88. The van der Waals surface area contributed by atoms with Gasteiger partial charge in [0.2, 0.25) is 11.8 Å². The number of likely N-dealkylation sites (tertiary alicyclic amines) is 1. The minimum absolute atomic E-state index is 0.0129. The number of primary amides is 1. The predicted molar refractivity (Wildman–Crippen MR) is 61.2 cm³/mol. The first kappa shape index (κ1) is 12.6. The Morgan fingerprint density at radius 1 is 1.62 bits per heavy atom. The SMILES string of the molecule is CCC#CC1CC(=O)N([C@@H](CC)C(N)=O)C1. The van der Waals surface area contributed by atoms with Crippen LogP contribution in [0.2, 0.25) is 0 Å². The number of rotatable bonds is 3. The van der Waals surface area contributed by atoms with Crippen LogP contribution in [0.3, 0.4) is 0 Å². The first-order valence-corrected chi connectivity index (χ1v) is 5.67. The summed E-state index contributed by atoms with van der Waals surface area (Å²) in [5.41, 5.74) is 5.27. The van der Waals surface area contributed by atoms with Crippen molar-refractivity contribution >= 4 is 11.8 Å². The average molecular weight is 222 g/mol. The highest BCUT2D eigenvalue weighted by Gasteiger charge is 2.35. The summed E-state index contributed by atoms with van der Waals surface area (Å²) in [5, 5.41) is 0. The lowest BCUT2D eigenvalue weighted by molar-refractivity contribution is -0.136. The van der Waals surface area contributed by atoms with Gasteiger partial charge in [0, 0.05) is 25.3 Å². The average Bonchev–Trinajstić information content (AvgIpc) is 2.58. The van der Waals surface area contributed by atoms with E-state index < -0.39 is 11.9 Å². The Kier molecular flexibility index (Phi) is 4.36. The standard InChI is InChI=1S/C12H18N2O2/c1-3-5-6-9-7-11(15)14(8-9)10(4-2)12(13)16/h9-10H,3-4,7-8H2,1-2H3,(H2,13,16)/t9?,10-/m0/s1. The van der Waals surface area contributed by atoms with Crippen molar-refractivity contribution in [1.82, 2.24) is 4.90 Å². The summed E-state index contributed by atoms with van der Waals surface area (Å²) < 4.78 is 0. The molecule has 1 saturated heterocycles. The van der Waals surface area contributed by atoms with Crippen LogP contribution >= 0.6 is 0 Å². The fourth-order valence-electron chi connectivity index (χ4n) is 1.95. The molecule has 0 aliphatic carbocycles. The van der Waals surface area contributed by atoms with Crippen LogP contribution in [-0.4, -0.2) is 29.3 Å². The molecule has 88 valence electrons. The Labute approximate surface area is 96.2 Å². The number of carbonyl (C=O) groups excluding carboxylic acids is 2. The molecule has 4 nitrogen and oxygen atoms in total. The van der Waals surface area contributed by atoms with Gasteiger partial charge in [-0.25, -0.2) is 0 Å². The molecule has 1 unspecified atom stereocenters.